The predicted molar refractivity (Wildman–Crippen MR) is 141 cm³/mol. The molecule has 0 aliphatic carbocycles. The molecule has 0 saturated heterocycles. The van der Waals surface area contributed by atoms with Crippen LogP contribution in [-0.4, -0.2) is 10.7 Å². The minimum Gasteiger partial charge on any atom is -0.463 e. The molecular weight excluding hydrogens is 587 g/mol. The van der Waals surface area contributed by atoms with Gasteiger partial charge in [0, 0.05) is 27.0 Å². The molecule has 6 rings (SSSR count). The van der Waals surface area contributed by atoms with Crippen LogP contribution < -0.4 is 4.74 Å². The molecule has 0 bridgehead atoms. The molecule has 0 radical (unpaired) electrons. The number of ether oxygens (including phenoxy) is 1. The molecule has 7 heteroatoms. The van der Waals surface area contributed by atoms with Gasteiger partial charge >= 0.3 is 0 Å². The summed E-state index contributed by atoms with van der Waals surface area (Å²) in [6, 6.07) is 24.5. The van der Waals surface area contributed by atoms with Crippen molar-refractivity contribution in [2.75, 3.05) is 0 Å². The molecule has 0 unspecified atom stereocenters. The van der Waals surface area contributed by atoms with E-state index in [0.717, 1.165) is 43.5 Å². The summed E-state index contributed by atoms with van der Waals surface area (Å²) in [5.41, 5.74) is 4.04. The monoisotopic (exact) mass is 600 g/mol. The highest BCUT2D eigenvalue weighted by atomic mass is 79.9. The first-order valence-electron chi connectivity index (χ1n) is 10.4. The van der Waals surface area contributed by atoms with Crippen molar-refractivity contribution in [3.05, 3.63) is 108 Å². The lowest BCUT2D eigenvalue weighted by atomic mass is 9.95. The van der Waals surface area contributed by atoms with E-state index in [-0.39, 0.29) is 6.04 Å². The summed E-state index contributed by atoms with van der Waals surface area (Å²) in [6.45, 7) is 0. The fraction of sp³-hybridized carbons (Fsp3) is 0.115. The predicted octanol–water partition coefficient (Wildman–Crippen LogP) is 8.91. The highest BCUT2D eigenvalue weighted by Gasteiger charge is 2.42. The molecule has 2 atom stereocenters. The summed E-state index contributed by atoms with van der Waals surface area (Å²) in [7, 11) is 0. The van der Waals surface area contributed by atoms with E-state index in [4.69, 9.17) is 33.0 Å². The zero-order chi connectivity index (χ0) is 22.7. The van der Waals surface area contributed by atoms with Gasteiger partial charge in [-0.2, -0.15) is 5.10 Å². The van der Waals surface area contributed by atoms with E-state index >= 15 is 0 Å². The lowest BCUT2D eigenvalue weighted by molar-refractivity contribution is -0.0196. The van der Waals surface area contributed by atoms with Gasteiger partial charge in [-0.05, 0) is 62.6 Å². The van der Waals surface area contributed by atoms with Crippen LogP contribution in [0.3, 0.4) is 0 Å². The van der Waals surface area contributed by atoms with Gasteiger partial charge in [0.05, 0.1) is 21.2 Å². The Hall–Kier alpha value is -2.05. The number of hydrazone groups is 1. The van der Waals surface area contributed by atoms with Crippen LogP contribution in [0.15, 0.2) is 86.8 Å². The second-order valence-corrected chi connectivity index (χ2v) is 10.8. The molecule has 0 fully saturated rings. The normalized spacial score (nSPS) is 19.2. The Morgan fingerprint density at radius 2 is 1.70 bits per heavy atom. The Labute approximate surface area is 218 Å². The van der Waals surface area contributed by atoms with Crippen molar-refractivity contribution in [1.82, 2.24) is 5.01 Å². The van der Waals surface area contributed by atoms with E-state index in [1.54, 1.807) is 6.07 Å². The van der Waals surface area contributed by atoms with Crippen LogP contribution in [0.2, 0.25) is 10.0 Å². The van der Waals surface area contributed by atoms with Crippen LogP contribution >= 0.6 is 55.1 Å². The lowest BCUT2D eigenvalue weighted by Gasteiger charge is -2.39. The van der Waals surface area contributed by atoms with Crippen molar-refractivity contribution < 1.29 is 4.74 Å². The first kappa shape index (κ1) is 21.5. The summed E-state index contributed by atoms with van der Waals surface area (Å²) in [4.78, 5) is 0. The second kappa shape index (κ2) is 8.31. The van der Waals surface area contributed by atoms with Gasteiger partial charge in [-0.3, -0.25) is 0 Å². The third-order valence-corrected chi connectivity index (χ3v) is 7.73. The minimum atomic E-state index is -0.470. The van der Waals surface area contributed by atoms with Gasteiger partial charge in [0.15, 0.2) is 0 Å². The maximum Gasteiger partial charge on any atom is 0.215 e. The molecule has 33 heavy (non-hydrogen) atoms. The molecule has 0 amide bonds. The van der Waals surface area contributed by atoms with Crippen molar-refractivity contribution in [1.29, 1.82) is 0 Å². The molecule has 0 spiro atoms. The van der Waals surface area contributed by atoms with Crippen LogP contribution in [0.1, 0.15) is 35.4 Å². The Morgan fingerprint density at radius 3 is 2.52 bits per heavy atom. The Balaban J connectivity index is 1.49. The van der Waals surface area contributed by atoms with Crippen LogP contribution in [-0.2, 0) is 0 Å². The summed E-state index contributed by atoms with van der Waals surface area (Å²) in [5, 5.41) is 10.6. The first-order valence-corrected chi connectivity index (χ1v) is 12.8. The Kier molecular flexibility index (Phi) is 5.41. The first-order chi connectivity index (χ1) is 16.0. The van der Waals surface area contributed by atoms with Crippen LogP contribution in [0.4, 0.5) is 0 Å². The van der Waals surface area contributed by atoms with Crippen molar-refractivity contribution in [3.8, 4) is 5.75 Å². The Morgan fingerprint density at radius 1 is 0.879 bits per heavy atom. The summed E-state index contributed by atoms with van der Waals surface area (Å²) >= 11 is 20.1. The molecule has 2 aliphatic rings. The van der Waals surface area contributed by atoms with Gasteiger partial charge < -0.3 is 4.74 Å². The van der Waals surface area contributed by atoms with Crippen molar-refractivity contribution in [2.45, 2.75) is 18.7 Å². The SMILES string of the molecule is Clc1ccc([C@H]2Oc3c(Br)cc(Br)cc3[C@H]3CC(c4ccc5ccccc5c4)=NN32)c(Cl)c1. The number of hydrogen-bond donors (Lipinski definition) is 0. The molecular formula is C26H16Br2Cl2N2O. The smallest absolute Gasteiger partial charge is 0.215 e. The van der Waals surface area contributed by atoms with E-state index in [0.29, 0.717) is 10.0 Å². The van der Waals surface area contributed by atoms with Crippen molar-refractivity contribution in [3.63, 3.8) is 0 Å². The van der Waals surface area contributed by atoms with E-state index in [2.05, 4.69) is 80.4 Å². The highest BCUT2D eigenvalue weighted by Crippen LogP contribution is 2.51. The molecule has 164 valence electrons. The van der Waals surface area contributed by atoms with Gasteiger partial charge in [-0.15, -0.1) is 0 Å². The van der Waals surface area contributed by atoms with E-state index in [1.807, 2.05) is 23.2 Å². The quantitative estimate of drug-likeness (QED) is 0.229. The van der Waals surface area contributed by atoms with Gasteiger partial charge in [-0.1, -0.05) is 81.6 Å². The zero-order valence-electron chi connectivity index (χ0n) is 17.1. The van der Waals surface area contributed by atoms with Gasteiger partial charge in [0.25, 0.3) is 0 Å². The number of halogens is 4. The number of nitrogens with zero attached hydrogens (tertiary/aromatic N) is 2. The van der Waals surface area contributed by atoms with Gasteiger partial charge in [-0.25, -0.2) is 5.01 Å². The second-order valence-electron chi connectivity index (χ2n) is 8.15. The average Bonchev–Trinajstić information content (AvgIpc) is 3.25. The molecule has 4 aromatic rings. The number of benzene rings is 4. The summed E-state index contributed by atoms with van der Waals surface area (Å²) in [5.74, 6) is 0.811. The highest BCUT2D eigenvalue weighted by molar-refractivity contribution is 9.11. The van der Waals surface area contributed by atoms with Crippen LogP contribution in [0, 0.1) is 0 Å². The van der Waals surface area contributed by atoms with E-state index in [1.165, 1.54) is 10.8 Å². The number of hydrogen-bond acceptors (Lipinski definition) is 3. The lowest BCUT2D eigenvalue weighted by Crippen LogP contribution is -2.34. The fourth-order valence-corrected chi connectivity index (χ4v) is 6.42. The van der Waals surface area contributed by atoms with E-state index in [9.17, 15) is 0 Å². The summed E-state index contributed by atoms with van der Waals surface area (Å²) in [6.07, 6.45) is 0.293. The third kappa shape index (κ3) is 3.75. The molecule has 0 saturated carbocycles. The van der Waals surface area contributed by atoms with Crippen LogP contribution in [0.25, 0.3) is 10.8 Å². The van der Waals surface area contributed by atoms with Gasteiger partial charge in [0.1, 0.15) is 5.75 Å². The molecule has 0 N–H and O–H groups in total. The maximum absolute atomic E-state index is 6.61. The zero-order valence-corrected chi connectivity index (χ0v) is 21.8. The summed E-state index contributed by atoms with van der Waals surface area (Å²) < 4.78 is 8.39. The van der Waals surface area contributed by atoms with E-state index < -0.39 is 6.23 Å². The fourth-order valence-electron chi connectivity index (χ4n) is 4.56. The standard InChI is InChI=1S/C26H16Br2Cl2N2O/c27-17-10-20-24-13-23(16-6-5-14-3-1-2-4-15(14)9-16)31-32(24)26(33-25(20)21(28)11-17)19-8-7-18(29)12-22(19)30/h1-12,24,26H,13H2/t24-,26-/m1/s1. The minimum absolute atomic E-state index is 0.0146. The third-order valence-electron chi connectivity index (χ3n) is 6.12. The largest absolute Gasteiger partial charge is 0.463 e. The van der Waals surface area contributed by atoms with Crippen LogP contribution in [0.5, 0.6) is 5.75 Å². The molecule has 4 aromatic carbocycles. The van der Waals surface area contributed by atoms with Gasteiger partial charge in [0.2, 0.25) is 6.23 Å². The maximum atomic E-state index is 6.61. The van der Waals surface area contributed by atoms with Crippen molar-refractivity contribution in [2.24, 2.45) is 5.10 Å². The molecule has 0 aromatic heterocycles. The van der Waals surface area contributed by atoms with Crippen molar-refractivity contribution >= 4 is 71.5 Å². The number of rotatable bonds is 2. The number of fused-ring (bicyclic) bond motifs is 4. The molecule has 2 aliphatic heterocycles. The average molecular weight is 603 g/mol. The topological polar surface area (TPSA) is 24.8 Å². The molecule has 3 nitrogen and oxygen atoms in total. The molecule has 2 heterocycles. The Bertz CT molecular complexity index is 1460.